The van der Waals surface area contributed by atoms with Gasteiger partial charge in [0.2, 0.25) is 0 Å². The van der Waals surface area contributed by atoms with E-state index in [2.05, 4.69) is 9.47 Å². The van der Waals surface area contributed by atoms with Crippen molar-refractivity contribution < 1.29 is 32.2 Å². The summed E-state index contributed by atoms with van der Waals surface area (Å²) in [5.41, 5.74) is -1.87. The van der Waals surface area contributed by atoms with Crippen LogP contribution in [0.3, 0.4) is 0 Å². The summed E-state index contributed by atoms with van der Waals surface area (Å²) in [5.74, 6) is -1.86. The summed E-state index contributed by atoms with van der Waals surface area (Å²) in [5, 5.41) is 0. The van der Waals surface area contributed by atoms with E-state index < -0.39 is 42.4 Å². The van der Waals surface area contributed by atoms with Crippen LogP contribution in [0.4, 0.5) is 13.2 Å². The zero-order chi connectivity index (χ0) is 15.3. The zero-order valence-electron chi connectivity index (χ0n) is 10.3. The first-order valence-corrected chi connectivity index (χ1v) is 5.24. The summed E-state index contributed by atoms with van der Waals surface area (Å²) in [6, 6.07) is 1.30. The van der Waals surface area contributed by atoms with Crippen LogP contribution < -0.4 is 5.56 Å². The van der Waals surface area contributed by atoms with Crippen molar-refractivity contribution in [2.45, 2.75) is 12.7 Å². The third kappa shape index (κ3) is 4.41. The van der Waals surface area contributed by atoms with E-state index in [0.29, 0.717) is 22.9 Å². The van der Waals surface area contributed by atoms with Crippen molar-refractivity contribution in [2.75, 3.05) is 13.7 Å². The van der Waals surface area contributed by atoms with Gasteiger partial charge in [-0.25, -0.2) is 4.79 Å². The van der Waals surface area contributed by atoms with Crippen LogP contribution in [-0.4, -0.2) is 30.2 Å². The Morgan fingerprint density at radius 1 is 1.25 bits per heavy atom. The molecule has 0 atom stereocenters. The summed E-state index contributed by atoms with van der Waals surface area (Å²) >= 11 is 0. The highest BCUT2D eigenvalue weighted by molar-refractivity contribution is 5.76. The largest absolute Gasteiger partial charge is 0.466 e. The van der Waals surface area contributed by atoms with E-state index in [1.54, 1.807) is 0 Å². The third-order valence-electron chi connectivity index (χ3n) is 2.19. The Balaban J connectivity index is 2.79. The molecule has 0 unspecified atom stereocenters. The van der Waals surface area contributed by atoms with Gasteiger partial charge >= 0.3 is 18.1 Å². The van der Waals surface area contributed by atoms with Crippen LogP contribution in [0.2, 0.25) is 0 Å². The number of hydrogen-bond acceptors (Lipinski definition) is 5. The molecule has 0 bridgehead atoms. The second-order valence-corrected chi connectivity index (χ2v) is 3.62. The highest BCUT2D eigenvalue weighted by Gasteiger charge is 2.31. The smallest absolute Gasteiger partial charge is 0.417 e. The molecule has 1 rings (SSSR count). The fourth-order valence-corrected chi connectivity index (χ4v) is 1.21. The van der Waals surface area contributed by atoms with Crippen LogP contribution in [0.15, 0.2) is 23.1 Å². The second kappa shape index (κ2) is 6.22. The van der Waals surface area contributed by atoms with Gasteiger partial charge in [-0.3, -0.25) is 9.59 Å². The maximum absolute atomic E-state index is 12.4. The van der Waals surface area contributed by atoms with Gasteiger partial charge in [0.05, 0.1) is 12.7 Å². The number of carbonyl (C=O) groups excluding carboxylic acids is 2. The molecule has 0 N–H and O–H groups in total. The summed E-state index contributed by atoms with van der Waals surface area (Å²) in [6.07, 6.45) is -4.13. The quantitative estimate of drug-likeness (QED) is 0.759. The van der Waals surface area contributed by atoms with Crippen molar-refractivity contribution in [1.29, 1.82) is 0 Å². The van der Waals surface area contributed by atoms with Gasteiger partial charge in [0.1, 0.15) is 6.54 Å². The van der Waals surface area contributed by atoms with Crippen LogP contribution in [-0.2, 0) is 31.8 Å². The van der Waals surface area contributed by atoms with Crippen molar-refractivity contribution in [3.63, 3.8) is 0 Å². The first-order valence-electron chi connectivity index (χ1n) is 5.24. The van der Waals surface area contributed by atoms with Crippen LogP contribution in [0.5, 0.6) is 0 Å². The summed E-state index contributed by atoms with van der Waals surface area (Å²) in [7, 11) is 1.08. The molecule has 1 aromatic rings. The number of pyridine rings is 1. The molecule has 0 saturated heterocycles. The molecular formula is C11H10F3NO5. The number of esters is 2. The summed E-state index contributed by atoms with van der Waals surface area (Å²) in [4.78, 5) is 33.3. The number of ether oxygens (including phenoxy) is 2. The standard InChI is InChI=1S/C11H10F3NO5/c1-19-10(18)6-20-9(17)5-15-4-7(11(12,13)14)2-3-8(15)16/h2-4H,5-6H2,1H3. The Labute approximate surface area is 110 Å². The Morgan fingerprint density at radius 2 is 1.90 bits per heavy atom. The highest BCUT2D eigenvalue weighted by atomic mass is 19.4. The lowest BCUT2D eigenvalue weighted by atomic mass is 10.3. The minimum absolute atomic E-state index is 0.502. The Morgan fingerprint density at radius 3 is 2.45 bits per heavy atom. The van der Waals surface area contributed by atoms with Gasteiger partial charge in [0.25, 0.3) is 5.56 Å². The molecule has 0 aliphatic carbocycles. The topological polar surface area (TPSA) is 74.6 Å². The Hall–Kier alpha value is -2.32. The molecule has 1 heterocycles. The van der Waals surface area contributed by atoms with Crippen LogP contribution in [0.25, 0.3) is 0 Å². The SMILES string of the molecule is COC(=O)COC(=O)Cn1cc(C(F)(F)F)ccc1=O. The molecular weight excluding hydrogens is 283 g/mol. The number of aromatic nitrogens is 1. The number of rotatable bonds is 4. The van der Waals surface area contributed by atoms with Gasteiger partial charge in [-0.05, 0) is 6.07 Å². The minimum atomic E-state index is -4.63. The fourth-order valence-electron chi connectivity index (χ4n) is 1.21. The molecule has 9 heteroatoms. The van der Waals surface area contributed by atoms with Crippen molar-refractivity contribution in [1.82, 2.24) is 4.57 Å². The van der Waals surface area contributed by atoms with E-state index in [9.17, 15) is 27.6 Å². The number of nitrogens with zero attached hydrogens (tertiary/aromatic N) is 1. The van der Waals surface area contributed by atoms with Crippen molar-refractivity contribution in [2.24, 2.45) is 0 Å². The van der Waals surface area contributed by atoms with Gasteiger partial charge in [0.15, 0.2) is 6.61 Å². The lowest BCUT2D eigenvalue weighted by Gasteiger charge is -2.10. The first-order chi connectivity index (χ1) is 9.24. The average molecular weight is 293 g/mol. The minimum Gasteiger partial charge on any atom is -0.466 e. The molecule has 0 aliphatic heterocycles. The lowest BCUT2D eigenvalue weighted by molar-refractivity contribution is -0.157. The van der Waals surface area contributed by atoms with Gasteiger partial charge in [0, 0.05) is 12.3 Å². The van der Waals surface area contributed by atoms with Crippen molar-refractivity contribution >= 4 is 11.9 Å². The van der Waals surface area contributed by atoms with Gasteiger partial charge in [-0.2, -0.15) is 13.2 Å². The van der Waals surface area contributed by atoms with E-state index in [0.717, 1.165) is 7.11 Å². The predicted molar refractivity (Wildman–Crippen MR) is 58.7 cm³/mol. The van der Waals surface area contributed by atoms with Crippen LogP contribution in [0, 0.1) is 0 Å². The number of methoxy groups -OCH3 is 1. The predicted octanol–water partition coefficient (Wildman–Crippen LogP) is 0.583. The van der Waals surface area contributed by atoms with E-state index >= 15 is 0 Å². The van der Waals surface area contributed by atoms with Gasteiger partial charge in [-0.1, -0.05) is 0 Å². The van der Waals surface area contributed by atoms with Gasteiger partial charge < -0.3 is 14.0 Å². The van der Waals surface area contributed by atoms with Crippen LogP contribution in [0.1, 0.15) is 5.56 Å². The Kier molecular flexibility index (Phi) is 4.89. The molecule has 0 fully saturated rings. The maximum atomic E-state index is 12.4. The number of halogens is 3. The van der Waals surface area contributed by atoms with Crippen molar-refractivity contribution in [3.8, 4) is 0 Å². The van der Waals surface area contributed by atoms with E-state index in [1.165, 1.54) is 0 Å². The maximum Gasteiger partial charge on any atom is 0.417 e. The molecule has 1 aromatic heterocycles. The molecule has 0 spiro atoms. The average Bonchev–Trinajstić information content (AvgIpc) is 2.37. The molecule has 110 valence electrons. The summed E-state index contributed by atoms with van der Waals surface area (Å²) < 4.78 is 46.5. The lowest BCUT2D eigenvalue weighted by Crippen LogP contribution is -2.27. The summed E-state index contributed by atoms with van der Waals surface area (Å²) in [6.45, 7) is -1.41. The molecule has 20 heavy (non-hydrogen) atoms. The highest BCUT2D eigenvalue weighted by Crippen LogP contribution is 2.27. The zero-order valence-corrected chi connectivity index (χ0v) is 10.3. The molecule has 0 aromatic carbocycles. The second-order valence-electron chi connectivity index (χ2n) is 3.62. The molecule has 0 amide bonds. The normalized spacial score (nSPS) is 11.0. The van der Waals surface area contributed by atoms with Crippen molar-refractivity contribution in [3.05, 3.63) is 34.2 Å². The van der Waals surface area contributed by atoms with E-state index in [1.807, 2.05) is 0 Å². The molecule has 0 saturated carbocycles. The monoisotopic (exact) mass is 293 g/mol. The number of hydrogen-bond donors (Lipinski definition) is 0. The van der Waals surface area contributed by atoms with E-state index in [4.69, 9.17) is 0 Å². The van der Waals surface area contributed by atoms with Crippen LogP contribution >= 0.6 is 0 Å². The Bertz CT molecular complexity index is 564. The van der Waals surface area contributed by atoms with Gasteiger partial charge in [-0.15, -0.1) is 0 Å². The number of carbonyl (C=O) groups is 2. The molecule has 6 nitrogen and oxygen atoms in total. The first kappa shape index (κ1) is 15.7. The third-order valence-corrected chi connectivity index (χ3v) is 2.19. The number of alkyl halides is 3. The van der Waals surface area contributed by atoms with E-state index in [-0.39, 0.29) is 0 Å². The molecule has 0 radical (unpaired) electrons. The molecule has 0 aliphatic rings. The fraction of sp³-hybridized carbons (Fsp3) is 0.364.